The summed E-state index contributed by atoms with van der Waals surface area (Å²) in [5.74, 6) is -3.65. The number of imidazole rings is 1. The number of ketones is 1. The van der Waals surface area contributed by atoms with Gasteiger partial charge in [0.1, 0.15) is 29.2 Å². The topological polar surface area (TPSA) is 159 Å². The number of Topliss-reactive ketones (excluding diaryl/α,β-unsaturated/α-hetero) is 1. The van der Waals surface area contributed by atoms with Gasteiger partial charge in [-0.3, -0.25) is 18.8 Å². The van der Waals surface area contributed by atoms with Crippen molar-refractivity contribution in [3.05, 3.63) is 28.8 Å². The smallest absolute Gasteiger partial charge is 0.352 e. The second-order valence-electron chi connectivity index (χ2n) is 8.44. The number of carboxylic acids is 1. The molecule has 1 fully saturated rings. The average Bonchev–Trinajstić information content (AvgIpc) is 3.35. The van der Waals surface area contributed by atoms with E-state index in [1.165, 1.54) is 25.1 Å². The van der Waals surface area contributed by atoms with Gasteiger partial charge in [0, 0.05) is 24.1 Å². The normalized spacial score (nSPS) is 25.2. The summed E-state index contributed by atoms with van der Waals surface area (Å²) in [7, 11) is 0. The molecule has 4 heterocycles. The van der Waals surface area contributed by atoms with E-state index in [1.807, 2.05) is 0 Å². The lowest BCUT2D eigenvalue weighted by Gasteiger charge is -2.50. The quantitative estimate of drug-likeness (QED) is 0.280. The van der Waals surface area contributed by atoms with Crippen molar-refractivity contribution in [2.75, 3.05) is 13.2 Å². The number of carbonyl (C=O) groups is 4. The van der Waals surface area contributed by atoms with E-state index >= 15 is 0 Å². The van der Waals surface area contributed by atoms with Gasteiger partial charge >= 0.3 is 11.9 Å². The number of aliphatic carboxylic acids is 1. The number of carbonyl (C=O) groups excluding carboxylic acids is 3. The number of carboxylic acid groups (broad SMARTS) is 1. The number of aromatic nitrogens is 2. The van der Waals surface area contributed by atoms with Gasteiger partial charge in [-0.1, -0.05) is 6.92 Å². The minimum absolute atomic E-state index is 0.00659. The van der Waals surface area contributed by atoms with Crippen molar-refractivity contribution in [2.24, 2.45) is 11.3 Å². The van der Waals surface area contributed by atoms with Crippen molar-refractivity contribution in [1.82, 2.24) is 14.3 Å². The van der Waals surface area contributed by atoms with E-state index in [-0.39, 0.29) is 24.4 Å². The highest BCUT2D eigenvalue weighted by Crippen LogP contribution is 2.59. The Labute approximate surface area is 191 Å². The first-order valence-electron chi connectivity index (χ1n) is 10.3. The zero-order valence-corrected chi connectivity index (χ0v) is 19.0. The van der Waals surface area contributed by atoms with E-state index in [2.05, 4.69) is 4.98 Å². The number of amides is 1. The van der Waals surface area contributed by atoms with Crippen LogP contribution in [0.4, 0.5) is 0 Å². The molecule has 3 N–H and O–H groups in total. The van der Waals surface area contributed by atoms with Crippen molar-refractivity contribution in [1.29, 1.82) is 0 Å². The maximum Gasteiger partial charge on any atom is 0.352 e. The highest BCUT2D eigenvalue weighted by atomic mass is 32.1. The summed E-state index contributed by atoms with van der Waals surface area (Å²) >= 11 is 1.12. The molecule has 12 heteroatoms. The van der Waals surface area contributed by atoms with Crippen LogP contribution in [0.25, 0.3) is 10.4 Å². The number of rotatable bonds is 8. The fourth-order valence-electron chi connectivity index (χ4n) is 4.92. The molecule has 2 aliphatic heterocycles. The number of esters is 1. The van der Waals surface area contributed by atoms with Crippen LogP contribution in [-0.2, 0) is 19.1 Å². The number of aliphatic hydroxyl groups is 2. The first kappa shape index (κ1) is 23.1. The second kappa shape index (κ2) is 8.04. The van der Waals surface area contributed by atoms with Crippen LogP contribution in [0.3, 0.4) is 0 Å². The molecule has 11 nitrogen and oxygen atoms in total. The molecule has 0 saturated carbocycles. The van der Waals surface area contributed by atoms with Crippen LogP contribution < -0.4 is 0 Å². The van der Waals surface area contributed by atoms with Gasteiger partial charge in [0.15, 0.2) is 0 Å². The first-order valence-corrected chi connectivity index (χ1v) is 11.1. The molecule has 4 rings (SSSR count). The summed E-state index contributed by atoms with van der Waals surface area (Å²) in [4.78, 5) is 54.7. The predicted octanol–water partition coefficient (Wildman–Crippen LogP) is 0.547. The molecule has 0 bridgehead atoms. The van der Waals surface area contributed by atoms with E-state index in [0.29, 0.717) is 15.3 Å². The van der Waals surface area contributed by atoms with E-state index in [9.17, 15) is 34.5 Å². The summed E-state index contributed by atoms with van der Waals surface area (Å²) < 4.78 is 6.69. The van der Waals surface area contributed by atoms with Gasteiger partial charge in [0.05, 0.1) is 29.5 Å². The van der Waals surface area contributed by atoms with E-state index in [1.54, 1.807) is 17.5 Å². The lowest BCUT2D eigenvalue weighted by molar-refractivity contribution is -0.167. The molecule has 1 amide bonds. The summed E-state index contributed by atoms with van der Waals surface area (Å²) in [5.41, 5.74) is -0.734. The maximum atomic E-state index is 12.8. The third kappa shape index (κ3) is 3.36. The first-order chi connectivity index (χ1) is 15.5. The molecular weight excluding hydrogens is 454 g/mol. The fraction of sp³-hybridized carbons (Fsp3) is 0.476. The van der Waals surface area contributed by atoms with Gasteiger partial charge in [-0.15, -0.1) is 11.3 Å². The third-order valence-corrected chi connectivity index (χ3v) is 7.48. The predicted molar refractivity (Wildman–Crippen MR) is 114 cm³/mol. The zero-order chi connectivity index (χ0) is 24.2. The summed E-state index contributed by atoms with van der Waals surface area (Å²) in [6.45, 7) is 3.81. The van der Waals surface area contributed by atoms with Crippen LogP contribution in [0, 0.1) is 11.3 Å². The molecule has 0 radical (unpaired) electrons. The van der Waals surface area contributed by atoms with Gasteiger partial charge in [-0.2, -0.15) is 0 Å². The number of aliphatic hydroxyl groups excluding tert-OH is 2. The highest BCUT2D eigenvalue weighted by molar-refractivity contribution is 7.18. The summed E-state index contributed by atoms with van der Waals surface area (Å²) in [6.07, 6.45) is 2.22. The highest BCUT2D eigenvalue weighted by Gasteiger charge is 2.66. The lowest BCUT2D eigenvalue weighted by atomic mass is 9.66. The Hall–Kier alpha value is -3.09. The number of nitrogens with zero attached hydrogens (tertiary/aromatic N) is 3. The van der Waals surface area contributed by atoms with Crippen LogP contribution in [0.1, 0.15) is 42.6 Å². The number of ether oxygens (including phenoxy) is 1. The third-order valence-electron chi connectivity index (χ3n) is 6.36. The zero-order valence-electron chi connectivity index (χ0n) is 18.1. The van der Waals surface area contributed by atoms with Crippen molar-refractivity contribution in [2.45, 2.75) is 39.3 Å². The Bertz CT molecular complexity index is 1210. The molecule has 1 saturated heterocycles. The van der Waals surface area contributed by atoms with Crippen molar-refractivity contribution >= 4 is 45.4 Å². The van der Waals surface area contributed by atoms with Crippen molar-refractivity contribution in [3.63, 3.8) is 0 Å². The minimum atomic E-state index is -1.30. The molecule has 2 aliphatic rings. The Morgan fingerprint density at radius 3 is 2.64 bits per heavy atom. The fourth-order valence-corrected chi connectivity index (χ4v) is 6.19. The minimum Gasteiger partial charge on any atom is -0.477 e. The molecule has 2 aromatic rings. The van der Waals surface area contributed by atoms with Crippen LogP contribution in [-0.4, -0.2) is 78.6 Å². The number of thiazole rings is 1. The SMILES string of the molecule is CC(=O)OCCC1(C)C(c2cn3cnc(C(=O)CO)c3s2)=C(C(=O)O)N2C(=O)[C@H]([C@@H](C)O)[C@@H]21. The molecule has 0 aliphatic carbocycles. The second-order valence-corrected chi connectivity index (χ2v) is 9.47. The van der Waals surface area contributed by atoms with Gasteiger partial charge in [0.2, 0.25) is 11.7 Å². The molecular formula is C21H23N3O8S. The Morgan fingerprint density at radius 2 is 2.06 bits per heavy atom. The number of hydrogen-bond donors (Lipinski definition) is 3. The lowest BCUT2D eigenvalue weighted by Crippen LogP contribution is -2.66. The van der Waals surface area contributed by atoms with Gasteiger partial charge in [0.25, 0.3) is 0 Å². The molecule has 4 atom stereocenters. The summed E-state index contributed by atoms with van der Waals surface area (Å²) in [6, 6.07) is -0.639. The van der Waals surface area contributed by atoms with Gasteiger partial charge in [-0.25, -0.2) is 9.78 Å². The standard InChI is InChI=1S/C21H23N3O8S/c1-9(26)13-17-21(3,4-5-32-10(2)27)14(16(20(30)31)24(17)18(13)29)12-6-23-8-22-15(11(28)7-25)19(23)33-12/h6,8-9,13,17,25-26H,4-5,7H2,1-3H3,(H,30,31)/t9-,13-,17-,21?/m1/s1. The molecule has 176 valence electrons. The molecule has 1 unspecified atom stereocenters. The molecule has 0 aromatic carbocycles. The molecule has 33 heavy (non-hydrogen) atoms. The van der Waals surface area contributed by atoms with Crippen LogP contribution in [0.5, 0.6) is 0 Å². The van der Waals surface area contributed by atoms with Crippen LogP contribution in [0.2, 0.25) is 0 Å². The maximum absolute atomic E-state index is 12.8. The summed E-state index contributed by atoms with van der Waals surface area (Å²) in [5, 5.41) is 29.5. The van der Waals surface area contributed by atoms with E-state index < -0.39 is 53.7 Å². The largest absolute Gasteiger partial charge is 0.477 e. The van der Waals surface area contributed by atoms with Gasteiger partial charge < -0.3 is 25.0 Å². The van der Waals surface area contributed by atoms with Crippen molar-refractivity contribution in [3.8, 4) is 0 Å². The van der Waals surface area contributed by atoms with Gasteiger partial charge in [-0.05, 0) is 13.3 Å². The number of β-lactam (4-membered cyclic amide) rings is 1. The van der Waals surface area contributed by atoms with E-state index in [4.69, 9.17) is 4.74 Å². The van der Waals surface area contributed by atoms with Crippen LogP contribution in [0.15, 0.2) is 18.2 Å². The Kier molecular flexibility index (Phi) is 5.63. The van der Waals surface area contributed by atoms with Crippen molar-refractivity contribution < 1.29 is 39.2 Å². The van der Waals surface area contributed by atoms with Crippen LogP contribution >= 0.6 is 11.3 Å². The number of hydrogen-bond acceptors (Lipinski definition) is 9. The Morgan fingerprint density at radius 1 is 1.36 bits per heavy atom. The molecule has 2 aromatic heterocycles. The average molecular weight is 477 g/mol. The number of fused-ring (bicyclic) bond motifs is 2. The monoisotopic (exact) mass is 477 g/mol. The van der Waals surface area contributed by atoms with E-state index in [0.717, 1.165) is 11.3 Å². The molecule has 0 spiro atoms. The Balaban J connectivity index is 1.89.